The molecule has 0 N–H and O–H groups in total. The molecule has 5 heteroatoms. The third-order valence-corrected chi connectivity index (χ3v) is 4.97. The Balaban J connectivity index is 1.73. The Kier molecular flexibility index (Phi) is 4.43. The highest BCUT2D eigenvalue weighted by molar-refractivity contribution is 5.89. The SMILES string of the molecule is CN1C2CCC1C(CO[C-]=O)C(OC(=O)c1ccccc1)C2. The van der Waals surface area contributed by atoms with E-state index in [0.29, 0.717) is 17.6 Å². The summed E-state index contributed by atoms with van der Waals surface area (Å²) < 4.78 is 10.6. The molecule has 5 nitrogen and oxygen atoms in total. The van der Waals surface area contributed by atoms with Crippen LogP contribution < -0.4 is 0 Å². The summed E-state index contributed by atoms with van der Waals surface area (Å²) in [4.78, 5) is 25.0. The van der Waals surface area contributed by atoms with Gasteiger partial charge >= 0.3 is 5.97 Å². The third kappa shape index (κ3) is 2.86. The lowest BCUT2D eigenvalue weighted by Crippen LogP contribution is -2.52. The Bertz CT molecular complexity index is 533. The lowest BCUT2D eigenvalue weighted by atomic mass is 9.88. The number of benzene rings is 1. The standard InChI is InChI=1S/C17H20NO4/c1-18-13-7-8-15(18)14(10-21-11-19)16(9-13)22-17(20)12-5-3-2-4-6-12/h2-6,13-16H,7-10H2,1H3/q-1. The van der Waals surface area contributed by atoms with Crippen LogP contribution in [0.25, 0.3) is 0 Å². The molecule has 2 aliphatic rings. The molecule has 118 valence electrons. The van der Waals surface area contributed by atoms with Gasteiger partial charge in [0.15, 0.2) is 0 Å². The van der Waals surface area contributed by atoms with E-state index in [1.165, 1.54) is 6.47 Å². The van der Waals surface area contributed by atoms with Gasteiger partial charge in [0.05, 0.1) is 12.2 Å². The molecule has 0 radical (unpaired) electrons. The van der Waals surface area contributed by atoms with E-state index in [1.54, 1.807) is 12.1 Å². The molecule has 1 aromatic carbocycles. The summed E-state index contributed by atoms with van der Waals surface area (Å²) in [6.45, 7) is 1.73. The van der Waals surface area contributed by atoms with Crippen LogP contribution in [0, 0.1) is 5.92 Å². The number of ether oxygens (including phenoxy) is 2. The van der Waals surface area contributed by atoms with Gasteiger partial charge in [-0.2, -0.15) is 0 Å². The van der Waals surface area contributed by atoms with Crippen molar-refractivity contribution in [2.24, 2.45) is 5.92 Å². The predicted octanol–water partition coefficient (Wildman–Crippen LogP) is 1.78. The second-order valence-corrected chi connectivity index (χ2v) is 6.07. The average molecular weight is 302 g/mol. The van der Waals surface area contributed by atoms with Crippen molar-refractivity contribution in [3.63, 3.8) is 0 Å². The van der Waals surface area contributed by atoms with Crippen LogP contribution in [0.1, 0.15) is 29.6 Å². The van der Waals surface area contributed by atoms with E-state index >= 15 is 0 Å². The van der Waals surface area contributed by atoms with Gasteiger partial charge in [-0.05, 0) is 32.0 Å². The first-order valence-electron chi connectivity index (χ1n) is 7.67. The number of esters is 1. The molecule has 0 aromatic heterocycles. The molecule has 3 rings (SSSR count). The van der Waals surface area contributed by atoms with Crippen molar-refractivity contribution >= 4 is 12.4 Å². The minimum absolute atomic E-state index is 0.0119. The summed E-state index contributed by atoms with van der Waals surface area (Å²) in [5.74, 6) is -0.299. The van der Waals surface area contributed by atoms with Gasteiger partial charge in [0.1, 0.15) is 6.10 Å². The van der Waals surface area contributed by atoms with Crippen LogP contribution in [0.3, 0.4) is 0 Å². The maximum absolute atomic E-state index is 12.3. The smallest absolute Gasteiger partial charge is 0.338 e. The number of piperidine rings is 1. The second kappa shape index (κ2) is 6.48. The highest BCUT2D eigenvalue weighted by Crippen LogP contribution is 2.39. The van der Waals surface area contributed by atoms with Crippen molar-refractivity contribution in [1.29, 1.82) is 0 Å². The van der Waals surface area contributed by atoms with Crippen LogP contribution in [0.15, 0.2) is 30.3 Å². The summed E-state index contributed by atoms with van der Waals surface area (Å²) in [6, 6.07) is 9.72. The zero-order valence-corrected chi connectivity index (χ0v) is 12.6. The van der Waals surface area contributed by atoms with Gasteiger partial charge in [-0.1, -0.05) is 24.7 Å². The Morgan fingerprint density at radius 3 is 2.82 bits per heavy atom. The number of carbonyl (C=O) groups is 1. The Hall–Kier alpha value is -1.88. The van der Waals surface area contributed by atoms with Gasteiger partial charge in [-0.15, -0.1) is 0 Å². The minimum atomic E-state index is -0.311. The van der Waals surface area contributed by atoms with Crippen molar-refractivity contribution in [1.82, 2.24) is 4.90 Å². The molecule has 0 amide bonds. The number of rotatable bonds is 5. The quantitative estimate of drug-likeness (QED) is 0.613. The van der Waals surface area contributed by atoms with Gasteiger partial charge in [0, 0.05) is 24.4 Å². The Labute approximate surface area is 130 Å². The maximum atomic E-state index is 12.3. The number of hydrogen-bond acceptors (Lipinski definition) is 5. The van der Waals surface area contributed by atoms with E-state index < -0.39 is 0 Å². The van der Waals surface area contributed by atoms with Crippen LogP contribution in [0.2, 0.25) is 0 Å². The number of carbonyl (C=O) groups excluding carboxylic acids is 2. The summed E-state index contributed by atoms with van der Waals surface area (Å²) in [5.41, 5.74) is 0.551. The van der Waals surface area contributed by atoms with E-state index in [2.05, 4.69) is 11.9 Å². The molecule has 1 aromatic rings. The molecule has 22 heavy (non-hydrogen) atoms. The topological polar surface area (TPSA) is 55.8 Å². The monoisotopic (exact) mass is 302 g/mol. The molecule has 2 fully saturated rings. The van der Waals surface area contributed by atoms with Crippen molar-refractivity contribution in [2.75, 3.05) is 13.7 Å². The summed E-state index contributed by atoms with van der Waals surface area (Å²) in [5, 5.41) is 0. The molecule has 4 atom stereocenters. The molecule has 2 heterocycles. The molecular formula is C17H20NO4-. The fourth-order valence-corrected chi connectivity index (χ4v) is 3.80. The van der Waals surface area contributed by atoms with Crippen LogP contribution >= 0.6 is 0 Å². The molecule has 2 bridgehead atoms. The van der Waals surface area contributed by atoms with Crippen molar-refractivity contribution in [2.45, 2.75) is 37.5 Å². The van der Waals surface area contributed by atoms with Crippen molar-refractivity contribution < 1.29 is 19.1 Å². The lowest BCUT2D eigenvalue weighted by Gasteiger charge is -2.42. The minimum Gasteiger partial charge on any atom is -0.652 e. The van der Waals surface area contributed by atoms with E-state index in [1.807, 2.05) is 18.2 Å². The fourth-order valence-electron chi connectivity index (χ4n) is 3.80. The zero-order chi connectivity index (χ0) is 15.5. The van der Waals surface area contributed by atoms with E-state index in [9.17, 15) is 9.59 Å². The molecule has 0 saturated carbocycles. The first-order valence-corrected chi connectivity index (χ1v) is 7.67. The molecule has 2 aliphatic heterocycles. The Morgan fingerprint density at radius 2 is 2.09 bits per heavy atom. The summed E-state index contributed by atoms with van der Waals surface area (Å²) in [6.07, 6.45) is 2.73. The van der Waals surface area contributed by atoms with Crippen molar-refractivity contribution in [3.05, 3.63) is 35.9 Å². The molecule has 2 saturated heterocycles. The third-order valence-electron chi connectivity index (χ3n) is 4.97. The molecule has 0 aliphatic carbocycles. The Morgan fingerprint density at radius 1 is 1.32 bits per heavy atom. The van der Waals surface area contributed by atoms with Crippen LogP contribution in [0.4, 0.5) is 0 Å². The van der Waals surface area contributed by atoms with Gasteiger partial charge in [0.2, 0.25) is 0 Å². The second-order valence-electron chi connectivity index (χ2n) is 6.07. The molecule has 0 spiro atoms. The van der Waals surface area contributed by atoms with E-state index in [0.717, 1.165) is 19.3 Å². The highest BCUT2D eigenvalue weighted by atomic mass is 16.6. The van der Waals surface area contributed by atoms with Gasteiger partial charge in [0.25, 0.3) is 0 Å². The zero-order valence-electron chi connectivity index (χ0n) is 12.6. The van der Waals surface area contributed by atoms with E-state index in [4.69, 9.17) is 9.47 Å². The molecule has 4 unspecified atom stereocenters. The number of fused-ring (bicyclic) bond motifs is 2. The first-order chi connectivity index (χ1) is 10.7. The summed E-state index contributed by atoms with van der Waals surface area (Å²) >= 11 is 0. The number of hydrogen-bond donors (Lipinski definition) is 0. The van der Waals surface area contributed by atoms with Crippen LogP contribution in [0.5, 0.6) is 0 Å². The molecular weight excluding hydrogens is 282 g/mol. The van der Waals surface area contributed by atoms with Crippen LogP contribution in [-0.2, 0) is 14.3 Å². The maximum Gasteiger partial charge on any atom is 0.338 e. The van der Waals surface area contributed by atoms with Crippen molar-refractivity contribution in [3.8, 4) is 0 Å². The fraction of sp³-hybridized carbons (Fsp3) is 0.529. The van der Waals surface area contributed by atoms with E-state index in [-0.39, 0.29) is 24.6 Å². The van der Waals surface area contributed by atoms with Gasteiger partial charge in [-0.3, -0.25) is 4.90 Å². The van der Waals surface area contributed by atoms with Gasteiger partial charge in [-0.25, -0.2) is 4.79 Å². The highest BCUT2D eigenvalue weighted by Gasteiger charge is 2.47. The van der Waals surface area contributed by atoms with Gasteiger partial charge < -0.3 is 14.3 Å². The normalized spacial score (nSPS) is 30.8. The lowest BCUT2D eigenvalue weighted by molar-refractivity contribution is -0.0477. The predicted molar refractivity (Wildman–Crippen MR) is 80.0 cm³/mol. The largest absolute Gasteiger partial charge is 0.652 e. The summed E-state index contributed by atoms with van der Waals surface area (Å²) in [7, 11) is 2.09. The average Bonchev–Trinajstić information content (AvgIpc) is 2.79. The first kappa shape index (κ1) is 15.0. The van der Waals surface area contributed by atoms with Crippen LogP contribution in [-0.4, -0.2) is 49.2 Å². The number of nitrogens with zero attached hydrogens (tertiary/aromatic N) is 1.